The Morgan fingerprint density at radius 2 is 1.57 bits per heavy atom. The van der Waals surface area contributed by atoms with E-state index in [4.69, 9.17) is 0 Å². The minimum atomic E-state index is -4.83. The summed E-state index contributed by atoms with van der Waals surface area (Å²) in [5.74, 6) is 1.59. The summed E-state index contributed by atoms with van der Waals surface area (Å²) in [7, 11) is 0.0710. The highest BCUT2D eigenvalue weighted by atomic mass is 32.2. The van der Waals surface area contributed by atoms with Gasteiger partial charge in [-0.3, -0.25) is 0 Å². The van der Waals surface area contributed by atoms with Crippen molar-refractivity contribution >= 4 is 32.7 Å². The van der Waals surface area contributed by atoms with Crippen LogP contribution in [-0.4, -0.2) is 51.9 Å². The Kier molecular flexibility index (Phi) is 8.08. The first kappa shape index (κ1) is 26.9. The Morgan fingerprint density at radius 3 is 2.19 bits per heavy atom. The van der Waals surface area contributed by atoms with Gasteiger partial charge >= 0.3 is 6.36 Å². The number of aromatic nitrogens is 2. The lowest BCUT2D eigenvalue weighted by molar-refractivity contribution is -0.274. The zero-order valence-electron chi connectivity index (χ0n) is 20.6. The van der Waals surface area contributed by atoms with Gasteiger partial charge in [-0.05, 0) is 73.9 Å². The van der Waals surface area contributed by atoms with Crippen molar-refractivity contribution in [1.29, 1.82) is 0 Å². The fourth-order valence-corrected chi connectivity index (χ4v) is 5.60. The van der Waals surface area contributed by atoms with Crippen molar-refractivity contribution < 1.29 is 26.3 Å². The topological polar surface area (TPSA) is 96.5 Å². The fourth-order valence-electron chi connectivity index (χ4n) is 4.49. The second-order valence-corrected chi connectivity index (χ2v) is 11.2. The molecule has 1 aromatic heterocycles. The largest absolute Gasteiger partial charge is 0.573 e. The van der Waals surface area contributed by atoms with Crippen molar-refractivity contribution in [1.82, 2.24) is 14.7 Å². The normalized spacial score (nSPS) is 18.5. The van der Waals surface area contributed by atoms with E-state index >= 15 is 0 Å². The van der Waals surface area contributed by atoms with E-state index in [1.54, 1.807) is 0 Å². The number of hydrogen-bond acceptors (Lipinski definition) is 7. The zero-order valence-corrected chi connectivity index (χ0v) is 21.4. The molecule has 0 spiro atoms. The van der Waals surface area contributed by atoms with Crippen LogP contribution in [-0.2, 0) is 10.0 Å². The van der Waals surface area contributed by atoms with Crippen molar-refractivity contribution in [2.75, 3.05) is 37.4 Å². The number of para-hydroxylation sites is 1. The molecule has 2 aromatic carbocycles. The third-order valence-electron chi connectivity index (χ3n) is 6.45. The van der Waals surface area contributed by atoms with Crippen molar-refractivity contribution in [3.63, 3.8) is 0 Å². The molecule has 1 heterocycles. The molecule has 1 fully saturated rings. The molecular weight excluding hydrogens is 507 g/mol. The van der Waals surface area contributed by atoms with Crippen LogP contribution in [0.25, 0.3) is 10.9 Å². The number of anilines is 2. The van der Waals surface area contributed by atoms with Crippen LogP contribution in [0.1, 0.15) is 25.7 Å². The third-order valence-corrected chi connectivity index (χ3v) is 7.89. The minimum absolute atomic E-state index is 0.104. The molecular formula is C25H30F3N5O3S. The lowest BCUT2D eigenvalue weighted by atomic mass is 9.82. The maximum Gasteiger partial charge on any atom is 0.573 e. The van der Waals surface area contributed by atoms with Crippen LogP contribution in [0.2, 0.25) is 0 Å². The van der Waals surface area contributed by atoms with Gasteiger partial charge in [-0.1, -0.05) is 12.1 Å². The molecule has 8 nitrogen and oxygen atoms in total. The molecule has 0 unspecified atom stereocenters. The van der Waals surface area contributed by atoms with E-state index in [-0.39, 0.29) is 17.4 Å². The second-order valence-electron chi connectivity index (χ2n) is 9.42. The molecule has 0 bridgehead atoms. The number of alkyl halides is 3. The van der Waals surface area contributed by atoms with Gasteiger partial charge in [-0.25, -0.2) is 18.1 Å². The summed E-state index contributed by atoms with van der Waals surface area (Å²) in [6.07, 6.45) is -1.21. The molecule has 0 radical (unpaired) electrons. The number of benzene rings is 2. The smallest absolute Gasteiger partial charge is 0.406 e. The first-order valence-corrected chi connectivity index (χ1v) is 13.5. The number of hydrogen-bond donors (Lipinski definition) is 2. The molecule has 4 rings (SSSR count). The number of rotatable bonds is 9. The Hall–Kier alpha value is -3.12. The molecule has 1 saturated carbocycles. The monoisotopic (exact) mass is 537 g/mol. The first-order chi connectivity index (χ1) is 17.5. The van der Waals surface area contributed by atoms with E-state index in [0.29, 0.717) is 11.9 Å². The van der Waals surface area contributed by atoms with E-state index < -0.39 is 22.1 Å². The lowest BCUT2D eigenvalue weighted by Crippen LogP contribution is -2.32. The molecule has 1 aliphatic carbocycles. The predicted molar refractivity (Wildman–Crippen MR) is 136 cm³/mol. The van der Waals surface area contributed by atoms with Crippen molar-refractivity contribution in [2.45, 2.75) is 36.9 Å². The van der Waals surface area contributed by atoms with E-state index in [9.17, 15) is 21.6 Å². The first-order valence-electron chi connectivity index (χ1n) is 12.0. The molecule has 1 aliphatic rings. The zero-order chi connectivity index (χ0) is 26.6. The standard InChI is InChI=1S/C25H30F3N5O3S/c1-33(2)23-21-5-3-4-6-22(21)31-24(32-23)29-15-17-7-9-18(10-8-17)16-30-37(34,35)20-13-11-19(12-14-20)36-25(26,27)28/h3-6,11-14,17-18,30H,7-10,15-16H2,1-2H3,(H,29,31,32)/t17-,18-. The van der Waals surface area contributed by atoms with Crippen LogP contribution in [0, 0.1) is 11.8 Å². The van der Waals surface area contributed by atoms with Crippen LogP contribution in [0.3, 0.4) is 0 Å². The highest BCUT2D eigenvalue weighted by Crippen LogP contribution is 2.30. The number of nitrogens with zero attached hydrogens (tertiary/aromatic N) is 3. The Bertz CT molecular complexity index is 1310. The average Bonchev–Trinajstić information content (AvgIpc) is 2.85. The van der Waals surface area contributed by atoms with Gasteiger partial charge in [0.2, 0.25) is 16.0 Å². The molecule has 2 N–H and O–H groups in total. The van der Waals surface area contributed by atoms with Crippen LogP contribution >= 0.6 is 0 Å². The Balaban J connectivity index is 1.26. The number of fused-ring (bicyclic) bond motifs is 1. The van der Waals surface area contributed by atoms with Crippen LogP contribution < -0.4 is 19.7 Å². The highest BCUT2D eigenvalue weighted by molar-refractivity contribution is 7.89. The van der Waals surface area contributed by atoms with Crippen LogP contribution in [0.5, 0.6) is 5.75 Å². The molecule has 12 heteroatoms. The van der Waals surface area contributed by atoms with Gasteiger partial charge in [-0.2, -0.15) is 4.98 Å². The fraction of sp³-hybridized carbons (Fsp3) is 0.440. The number of sulfonamides is 1. The van der Waals surface area contributed by atoms with E-state index in [1.165, 1.54) is 0 Å². The molecule has 0 aliphatic heterocycles. The number of halogens is 3. The summed E-state index contributed by atoms with van der Waals surface area (Å²) in [5, 5.41) is 4.36. The van der Waals surface area contributed by atoms with E-state index in [0.717, 1.165) is 73.2 Å². The number of ether oxygens (including phenoxy) is 1. The quantitative estimate of drug-likeness (QED) is 0.405. The summed E-state index contributed by atoms with van der Waals surface area (Å²) in [5.41, 5.74) is 0.877. The average molecular weight is 538 g/mol. The SMILES string of the molecule is CN(C)c1nc(NC[C@H]2CC[C@H](CNS(=O)(=O)c3ccc(OC(F)(F)F)cc3)CC2)nc2ccccc12. The van der Waals surface area contributed by atoms with E-state index in [1.807, 2.05) is 43.3 Å². The third kappa shape index (κ3) is 7.22. The summed E-state index contributed by atoms with van der Waals surface area (Å²) < 4.78 is 68.4. The van der Waals surface area contributed by atoms with Gasteiger partial charge in [0.05, 0.1) is 10.4 Å². The molecule has 3 aromatic rings. The van der Waals surface area contributed by atoms with Crippen molar-refractivity contribution in [3.05, 3.63) is 48.5 Å². The van der Waals surface area contributed by atoms with Crippen LogP contribution in [0.15, 0.2) is 53.4 Å². The predicted octanol–water partition coefficient (Wildman–Crippen LogP) is 4.79. The lowest BCUT2D eigenvalue weighted by Gasteiger charge is -2.28. The van der Waals surface area contributed by atoms with Gasteiger partial charge in [0.25, 0.3) is 0 Å². The van der Waals surface area contributed by atoms with Gasteiger partial charge in [0.15, 0.2) is 0 Å². The summed E-state index contributed by atoms with van der Waals surface area (Å²) in [6.45, 7) is 1.01. The molecule has 0 atom stereocenters. The summed E-state index contributed by atoms with van der Waals surface area (Å²) in [4.78, 5) is 11.2. The molecule has 37 heavy (non-hydrogen) atoms. The van der Waals surface area contributed by atoms with Crippen LogP contribution in [0.4, 0.5) is 24.9 Å². The molecule has 200 valence electrons. The second kappa shape index (κ2) is 11.1. The maximum atomic E-state index is 12.6. The molecule has 0 saturated heterocycles. The van der Waals surface area contributed by atoms with Gasteiger partial charge in [0, 0.05) is 32.6 Å². The molecule has 0 amide bonds. The Labute approximate surface area is 214 Å². The van der Waals surface area contributed by atoms with Gasteiger partial charge in [0.1, 0.15) is 11.6 Å². The van der Waals surface area contributed by atoms with Gasteiger partial charge in [-0.15, -0.1) is 13.2 Å². The van der Waals surface area contributed by atoms with Crippen molar-refractivity contribution in [2.24, 2.45) is 11.8 Å². The maximum absolute atomic E-state index is 12.6. The van der Waals surface area contributed by atoms with E-state index in [2.05, 4.69) is 24.7 Å². The van der Waals surface area contributed by atoms with Gasteiger partial charge < -0.3 is 15.0 Å². The summed E-state index contributed by atoms with van der Waals surface area (Å²) in [6, 6.07) is 12.1. The highest BCUT2D eigenvalue weighted by Gasteiger charge is 2.31. The summed E-state index contributed by atoms with van der Waals surface area (Å²) >= 11 is 0. The van der Waals surface area contributed by atoms with Crippen molar-refractivity contribution in [3.8, 4) is 5.75 Å². The Morgan fingerprint density at radius 1 is 0.946 bits per heavy atom. The minimum Gasteiger partial charge on any atom is -0.406 e. The number of nitrogens with one attached hydrogen (secondary N) is 2.